The number of carbonyl (C=O) groups is 1. The maximum Gasteiger partial charge on any atom is 0.327 e. The second-order valence-electron chi connectivity index (χ2n) is 8.94. The van der Waals surface area contributed by atoms with Gasteiger partial charge in [-0.25, -0.2) is 18.6 Å². The molecule has 0 radical (unpaired) electrons. The highest BCUT2D eigenvalue weighted by atomic mass is 19.2. The lowest BCUT2D eigenvalue weighted by Crippen LogP contribution is -2.47. The number of halogens is 2. The zero-order valence-electron chi connectivity index (χ0n) is 18.9. The van der Waals surface area contributed by atoms with Crippen molar-refractivity contribution in [3.63, 3.8) is 0 Å². The molecule has 10 heteroatoms. The maximum atomic E-state index is 14.3. The summed E-state index contributed by atoms with van der Waals surface area (Å²) >= 11 is 0. The van der Waals surface area contributed by atoms with E-state index in [1.807, 2.05) is 22.9 Å². The summed E-state index contributed by atoms with van der Waals surface area (Å²) in [6, 6.07) is 7.80. The van der Waals surface area contributed by atoms with Crippen LogP contribution in [0.2, 0.25) is 0 Å². The molecule has 8 nitrogen and oxygen atoms in total. The van der Waals surface area contributed by atoms with Crippen LogP contribution in [0.5, 0.6) is 0 Å². The maximum absolute atomic E-state index is 14.3. The number of benzene rings is 1. The van der Waals surface area contributed by atoms with Gasteiger partial charge >= 0.3 is 5.69 Å². The first-order chi connectivity index (χ1) is 16.4. The molecule has 2 aliphatic heterocycles. The first kappa shape index (κ1) is 22.3. The van der Waals surface area contributed by atoms with E-state index in [1.165, 1.54) is 6.07 Å². The smallest absolute Gasteiger partial charge is 0.327 e. The lowest BCUT2D eigenvalue weighted by molar-refractivity contribution is -0.133. The number of pyridine rings is 1. The molecule has 2 aliphatic rings. The Kier molecular flexibility index (Phi) is 5.91. The quantitative estimate of drug-likeness (QED) is 0.637. The fourth-order valence-electron chi connectivity index (χ4n) is 4.92. The molecular formula is C24H26F2N6O2. The Bertz CT molecular complexity index is 1310. The molecule has 0 spiro atoms. The number of hydrogen-bond acceptors (Lipinski definition) is 5. The topological polar surface area (TPSA) is 77.5 Å². The van der Waals surface area contributed by atoms with Crippen LogP contribution in [0.4, 0.5) is 8.78 Å². The molecule has 2 aromatic heterocycles. The van der Waals surface area contributed by atoms with Gasteiger partial charge in [-0.1, -0.05) is 12.1 Å². The van der Waals surface area contributed by atoms with Gasteiger partial charge in [0.1, 0.15) is 0 Å². The van der Waals surface area contributed by atoms with Gasteiger partial charge in [-0.2, -0.15) is 0 Å². The Morgan fingerprint density at radius 1 is 1.18 bits per heavy atom. The standard InChI is InChI=1S/C24H26F2N6O2/c1-29-12-16(18-4-2-5-19(25)22(18)26)13-30(15-29)14-21(33)31-10-7-17(8-11-31)32-20-6-3-9-27-23(20)28-24(32)34/h2-6,9,13,17H,7-8,10-12,14-15H2,1H3,(H,27,28,34). The predicted molar refractivity (Wildman–Crippen MR) is 124 cm³/mol. The van der Waals surface area contributed by atoms with Crippen molar-refractivity contribution in [1.82, 2.24) is 29.2 Å². The zero-order chi connectivity index (χ0) is 23.8. The third kappa shape index (κ3) is 4.21. The summed E-state index contributed by atoms with van der Waals surface area (Å²) in [5.41, 5.74) is 2.00. The van der Waals surface area contributed by atoms with Crippen molar-refractivity contribution in [2.75, 3.05) is 39.9 Å². The van der Waals surface area contributed by atoms with Crippen molar-refractivity contribution in [3.8, 4) is 0 Å². The SMILES string of the molecule is CN1CC(c2cccc(F)c2F)=CN(CC(=O)N2CCC(n3c(=O)[nH]c4ncccc43)CC2)C1. The summed E-state index contributed by atoms with van der Waals surface area (Å²) in [6.07, 6.45) is 4.73. The molecule has 1 fully saturated rings. The number of carbonyl (C=O) groups excluding carboxylic acids is 1. The number of nitrogens with zero attached hydrogens (tertiary/aromatic N) is 5. The number of rotatable bonds is 4. The van der Waals surface area contributed by atoms with Crippen LogP contribution in [-0.4, -0.2) is 75.0 Å². The zero-order valence-corrected chi connectivity index (χ0v) is 18.9. The van der Waals surface area contributed by atoms with E-state index in [-0.39, 0.29) is 29.7 Å². The fraction of sp³-hybridized carbons (Fsp3) is 0.375. The third-order valence-electron chi connectivity index (χ3n) is 6.51. The van der Waals surface area contributed by atoms with E-state index in [9.17, 15) is 18.4 Å². The minimum absolute atomic E-state index is 0.00179. The Morgan fingerprint density at radius 2 is 1.97 bits per heavy atom. The summed E-state index contributed by atoms with van der Waals surface area (Å²) < 4.78 is 29.8. The van der Waals surface area contributed by atoms with Gasteiger partial charge in [0.2, 0.25) is 5.91 Å². The average Bonchev–Trinajstić information content (AvgIpc) is 3.16. The molecule has 5 rings (SSSR count). The number of H-pyrrole nitrogens is 1. The highest BCUT2D eigenvalue weighted by molar-refractivity contribution is 5.79. The Labute approximate surface area is 195 Å². The van der Waals surface area contributed by atoms with Gasteiger partial charge in [0.05, 0.1) is 18.7 Å². The number of likely N-dealkylation sites (tertiary alicyclic amines) is 1. The number of aromatic amines is 1. The van der Waals surface area contributed by atoms with Gasteiger partial charge in [-0.3, -0.25) is 19.2 Å². The molecule has 0 atom stereocenters. The van der Waals surface area contributed by atoms with E-state index >= 15 is 0 Å². The minimum Gasteiger partial charge on any atom is -0.355 e. The van der Waals surface area contributed by atoms with Crippen LogP contribution < -0.4 is 5.69 Å². The number of aromatic nitrogens is 3. The molecule has 3 aromatic rings. The van der Waals surface area contributed by atoms with Crippen LogP contribution in [0, 0.1) is 11.6 Å². The highest BCUT2D eigenvalue weighted by Crippen LogP contribution is 2.26. The van der Waals surface area contributed by atoms with Gasteiger partial charge in [-0.05, 0) is 43.7 Å². The summed E-state index contributed by atoms with van der Waals surface area (Å²) in [6.45, 7) is 2.21. The summed E-state index contributed by atoms with van der Waals surface area (Å²) in [7, 11) is 1.88. The number of amides is 1. The van der Waals surface area contributed by atoms with Crippen LogP contribution >= 0.6 is 0 Å². The molecule has 0 saturated carbocycles. The number of hydrogen-bond donors (Lipinski definition) is 1. The van der Waals surface area contributed by atoms with Crippen molar-refractivity contribution in [2.24, 2.45) is 0 Å². The summed E-state index contributed by atoms with van der Waals surface area (Å²) in [5.74, 6) is -1.79. The molecule has 1 aromatic carbocycles. The van der Waals surface area contributed by atoms with Crippen LogP contribution in [0.1, 0.15) is 24.4 Å². The average molecular weight is 469 g/mol. The van der Waals surface area contributed by atoms with E-state index in [2.05, 4.69) is 9.97 Å². The molecule has 1 amide bonds. The molecule has 1 N–H and O–H groups in total. The molecule has 1 saturated heterocycles. The molecule has 34 heavy (non-hydrogen) atoms. The van der Waals surface area contributed by atoms with E-state index in [0.29, 0.717) is 50.4 Å². The van der Waals surface area contributed by atoms with E-state index in [0.717, 1.165) is 11.6 Å². The van der Waals surface area contributed by atoms with Crippen molar-refractivity contribution >= 4 is 22.6 Å². The van der Waals surface area contributed by atoms with Crippen molar-refractivity contribution in [1.29, 1.82) is 0 Å². The monoisotopic (exact) mass is 468 g/mol. The van der Waals surface area contributed by atoms with Gasteiger partial charge in [-0.15, -0.1) is 0 Å². The number of likely N-dealkylation sites (N-methyl/N-ethyl adjacent to an activating group) is 1. The Balaban J connectivity index is 1.26. The first-order valence-electron chi connectivity index (χ1n) is 11.3. The predicted octanol–water partition coefficient (Wildman–Crippen LogP) is 2.41. The van der Waals surface area contributed by atoms with Gasteiger partial charge in [0, 0.05) is 43.6 Å². The molecule has 4 heterocycles. The molecule has 0 aliphatic carbocycles. The van der Waals surface area contributed by atoms with Crippen molar-refractivity contribution in [2.45, 2.75) is 18.9 Å². The Morgan fingerprint density at radius 3 is 2.76 bits per heavy atom. The van der Waals surface area contributed by atoms with Crippen LogP contribution in [0.15, 0.2) is 47.5 Å². The van der Waals surface area contributed by atoms with Crippen LogP contribution in [-0.2, 0) is 4.79 Å². The minimum atomic E-state index is -0.887. The van der Waals surface area contributed by atoms with E-state index < -0.39 is 11.6 Å². The van der Waals surface area contributed by atoms with Gasteiger partial charge in [0.15, 0.2) is 17.3 Å². The number of nitrogens with one attached hydrogen (secondary N) is 1. The normalized spacial score (nSPS) is 17.9. The molecule has 178 valence electrons. The van der Waals surface area contributed by atoms with E-state index in [4.69, 9.17) is 0 Å². The van der Waals surface area contributed by atoms with Gasteiger partial charge in [0.25, 0.3) is 0 Å². The Hall–Kier alpha value is -3.53. The number of piperidine rings is 1. The summed E-state index contributed by atoms with van der Waals surface area (Å²) in [5, 5.41) is 0. The molecular weight excluding hydrogens is 442 g/mol. The third-order valence-corrected chi connectivity index (χ3v) is 6.51. The van der Waals surface area contributed by atoms with E-state index in [1.54, 1.807) is 34.0 Å². The molecule has 0 bridgehead atoms. The van der Waals surface area contributed by atoms with Crippen molar-refractivity contribution < 1.29 is 13.6 Å². The van der Waals surface area contributed by atoms with Crippen LogP contribution in [0.3, 0.4) is 0 Å². The molecule has 0 unspecified atom stereocenters. The summed E-state index contributed by atoms with van der Waals surface area (Å²) in [4.78, 5) is 38.1. The second kappa shape index (κ2) is 9.02. The first-order valence-corrected chi connectivity index (χ1v) is 11.3. The lowest BCUT2D eigenvalue weighted by Gasteiger charge is -2.36. The lowest BCUT2D eigenvalue weighted by atomic mass is 10.0. The number of fused-ring (bicyclic) bond motifs is 1. The van der Waals surface area contributed by atoms with Gasteiger partial charge < -0.3 is 9.80 Å². The van der Waals surface area contributed by atoms with Crippen molar-refractivity contribution in [3.05, 3.63) is 70.4 Å². The number of imidazole rings is 1. The second-order valence-corrected chi connectivity index (χ2v) is 8.94. The fourth-order valence-corrected chi connectivity index (χ4v) is 4.92. The highest BCUT2D eigenvalue weighted by Gasteiger charge is 2.28. The van der Waals surface area contributed by atoms with Crippen LogP contribution in [0.25, 0.3) is 16.7 Å². The largest absolute Gasteiger partial charge is 0.355 e.